The summed E-state index contributed by atoms with van der Waals surface area (Å²) in [7, 11) is 3.37. The number of carbonyl (C=O) groups excluding carboxylic acids is 1. The highest BCUT2D eigenvalue weighted by atomic mass is 19.1. The number of anilines is 1. The Kier molecular flexibility index (Phi) is 7.63. The third-order valence-electron chi connectivity index (χ3n) is 5.86. The van der Waals surface area contributed by atoms with Crippen molar-refractivity contribution in [1.29, 1.82) is 0 Å². The number of carbonyl (C=O) groups is 1. The number of allylic oxidation sites excluding steroid dienone is 6. The molecule has 1 amide bonds. The number of methoxy groups -OCH3 is 1. The van der Waals surface area contributed by atoms with Crippen LogP contribution in [-0.2, 0) is 9.53 Å². The number of nitrogens with zero attached hydrogens (tertiary/aromatic N) is 4. The second-order valence-corrected chi connectivity index (χ2v) is 8.41. The Hall–Kier alpha value is -3.48. The largest absolute Gasteiger partial charge is 0.501 e. The summed E-state index contributed by atoms with van der Waals surface area (Å²) in [6, 6.07) is 5.88. The van der Waals surface area contributed by atoms with E-state index in [1.165, 1.54) is 22.6 Å². The molecule has 1 aliphatic heterocycles. The van der Waals surface area contributed by atoms with Crippen LogP contribution in [0, 0.1) is 11.7 Å². The van der Waals surface area contributed by atoms with Crippen LogP contribution < -0.4 is 4.90 Å². The Labute approximate surface area is 195 Å². The predicted octanol–water partition coefficient (Wildman–Crippen LogP) is 5.57. The summed E-state index contributed by atoms with van der Waals surface area (Å²) < 4.78 is 18.8. The zero-order valence-corrected chi connectivity index (χ0v) is 19.9. The SMILES string of the molecule is C=NN1C(C)=CC(C)=N/C1=C(\CC(=O)N(C)c1ccc(F)cc1)CC1=CC=C(OC)[C@@H](C)C1. The summed E-state index contributed by atoms with van der Waals surface area (Å²) in [5, 5.41) is 5.83. The van der Waals surface area contributed by atoms with E-state index in [0.29, 0.717) is 17.9 Å². The monoisotopic (exact) mass is 450 g/mol. The number of hydrogen-bond donors (Lipinski definition) is 0. The van der Waals surface area contributed by atoms with Crippen molar-refractivity contribution in [1.82, 2.24) is 5.01 Å². The summed E-state index contributed by atoms with van der Waals surface area (Å²) in [5.74, 6) is 1.36. The minimum Gasteiger partial charge on any atom is -0.501 e. The molecule has 0 aromatic heterocycles. The Morgan fingerprint density at radius 2 is 2.00 bits per heavy atom. The molecule has 0 N–H and O–H groups in total. The van der Waals surface area contributed by atoms with Crippen LogP contribution in [0.25, 0.3) is 0 Å². The number of hydrogen-bond acceptors (Lipinski definition) is 5. The van der Waals surface area contributed by atoms with Gasteiger partial charge in [0.2, 0.25) is 5.91 Å². The summed E-state index contributed by atoms with van der Waals surface area (Å²) in [4.78, 5) is 19.5. The number of rotatable bonds is 7. The van der Waals surface area contributed by atoms with E-state index in [4.69, 9.17) is 9.73 Å². The first kappa shape index (κ1) is 24.2. The second kappa shape index (κ2) is 10.4. The molecule has 3 rings (SSSR count). The fourth-order valence-corrected chi connectivity index (χ4v) is 4.12. The molecule has 0 unspecified atom stereocenters. The van der Waals surface area contributed by atoms with Gasteiger partial charge in [0.25, 0.3) is 0 Å². The first-order valence-corrected chi connectivity index (χ1v) is 10.9. The third kappa shape index (κ3) is 5.66. The van der Waals surface area contributed by atoms with Gasteiger partial charge in [0.15, 0.2) is 5.82 Å². The summed E-state index contributed by atoms with van der Waals surface area (Å²) in [5.41, 5.74) is 4.39. The van der Waals surface area contributed by atoms with Gasteiger partial charge >= 0.3 is 0 Å². The molecule has 1 heterocycles. The van der Waals surface area contributed by atoms with E-state index < -0.39 is 0 Å². The minimum atomic E-state index is -0.341. The maximum atomic E-state index is 13.3. The smallest absolute Gasteiger partial charge is 0.230 e. The van der Waals surface area contributed by atoms with Gasteiger partial charge in [-0.2, -0.15) is 5.10 Å². The highest BCUT2D eigenvalue weighted by Gasteiger charge is 2.25. The first-order valence-electron chi connectivity index (χ1n) is 10.9. The molecule has 1 atom stereocenters. The highest BCUT2D eigenvalue weighted by Crippen LogP contribution is 2.34. The molecular weight excluding hydrogens is 419 g/mol. The Morgan fingerprint density at radius 3 is 2.61 bits per heavy atom. The molecule has 1 aliphatic carbocycles. The number of halogens is 1. The van der Waals surface area contributed by atoms with Gasteiger partial charge < -0.3 is 9.64 Å². The normalized spacial score (nSPS) is 19.7. The van der Waals surface area contributed by atoms with E-state index in [9.17, 15) is 9.18 Å². The molecular formula is C26H31FN4O2. The van der Waals surface area contributed by atoms with Crippen LogP contribution in [-0.4, -0.2) is 37.5 Å². The second-order valence-electron chi connectivity index (χ2n) is 8.41. The molecule has 0 saturated carbocycles. The molecule has 33 heavy (non-hydrogen) atoms. The molecule has 174 valence electrons. The lowest BCUT2D eigenvalue weighted by Gasteiger charge is -2.28. The van der Waals surface area contributed by atoms with E-state index in [-0.39, 0.29) is 24.1 Å². The highest BCUT2D eigenvalue weighted by molar-refractivity contribution is 5.96. The van der Waals surface area contributed by atoms with Crippen LogP contribution in [0.15, 0.2) is 81.0 Å². The van der Waals surface area contributed by atoms with Crippen LogP contribution in [0.2, 0.25) is 0 Å². The number of hydrazone groups is 1. The summed E-state index contributed by atoms with van der Waals surface area (Å²) >= 11 is 0. The van der Waals surface area contributed by atoms with Crippen molar-refractivity contribution in [2.45, 2.75) is 40.0 Å². The predicted molar refractivity (Wildman–Crippen MR) is 131 cm³/mol. The maximum absolute atomic E-state index is 13.3. The number of benzene rings is 1. The lowest BCUT2D eigenvalue weighted by molar-refractivity contribution is -0.117. The quantitative estimate of drug-likeness (QED) is 0.510. The zero-order chi connectivity index (χ0) is 24.1. The van der Waals surface area contributed by atoms with Gasteiger partial charge in [0, 0.05) is 36.8 Å². The van der Waals surface area contributed by atoms with Gasteiger partial charge in [0.1, 0.15) is 5.82 Å². The Morgan fingerprint density at radius 1 is 1.30 bits per heavy atom. The van der Waals surface area contributed by atoms with Crippen molar-refractivity contribution in [2.24, 2.45) is 16.0 Å². The molecule has 0 bridgehead atoms. The lowest BCUT2D eigenvalue weighted by atomic mass is 9.89. The van der Waals surface area contributed by atoms with Crippen molar-refractivity contribution in [3.8, 4) is 0 Å². The van der Waals surface area contributed by atoms with E-state index >= 15 is 0 Å². The van der Waals surface area contributed by atoms with Gasteiger partial charge in [-0.3, -0.25) is 4.79 Å². The Bertz CT molecular complexity index is 1080. The van der Waals surface area contributed by atoms with E-state index in [2.05, 4.69) is 24.8 Å². The number of amides is 1. The van der Waals surface area contributed by atoms with E-state index in [1.54, 1.807) is 31.3 Å². The zero-order valence-electron chi connectivity index (χ0n) is 19.9. The molecule has 1 aromatic carbocycles. The van der Waals surface area contributed by atoms with Crippen LogP contribution >= 0.6 is 0 Å². The molecule has 0 radical (unpaired) electrons. The fourth-order valence-electron chi connectivity index (χ4n) is 4.12. The number of ether oxygens (including phenoxy) is 1. The molecule has 0 fully saturated rings. The van der Waals surface area contributed by atoms with E-state index in [0.717, 1.165) is 29.2 Å². The third-order valence-corrected chi connectivity index (χ3v) is 5.86. The van der Waals surface area contributed by atoms with Crippen LogP contribution in [0.3, 0.4) is 0 Å². The Balaban J connectivity index is 1.97. The van der Waals surface area contributed by atoms with Crippen molar-refractivity contribution in [2.75, 3.05) is 19.1 Å². The summed E-state index contributed by atoms with van der Waals surface area (Å²) in [6.07, 6.45) is 7.52. The standard InChI is InChI=1S/C26H31FN4O2/c1-17-13-20(7-12-24(17)33-6)15-21(26-29-18(2)14-19(3)31(26)28-4)16-25(32)30(5)23-10-8-22(27)9-11-23/h7-12,14,17H,4,13,15-16H2,1-3,5-6H3/b26-21+/t17-/m0/s1. The molecule has 0 spiro atoms. The van der Waals surface area contributed by atoms with Crippen molar-refractivity contribution in [3.05, 3.63) is 76.7 Å². The van der Waals surface area contributed by atoms with Gasteiger partial charge in [-0.05, 0) is 68.7 Å². The molecule has 1 aromatic rings. The van der Waals surface area contributed by atoms with Crippen LogP contribution in [0.1, 0.15) is 40.0 Å². The fraction of sp³-hybridized carbons (Fsp3) is 0.346. The summed E-state index contributed by atoms with van der Waals surface area (Å²) in [6.45, 7) is 9.68. The van der Waals surface area contributed by atoms with Crippen LogP contribution in [0.4, 0.5) is 10.1 Å². The average molecular weight is 451 g/mol. The van der Waals surface area contributed by atoms with E-state index in [1.807, 2.05) is 26.0 Å². The topological polar surface area (TPSA) is 57.5 Å². The maximum Gasteiger partial charge on any atom is 0.230 e. The van der Waals surface area contributed by atoms with Gasteiger partial charge in [-0.15, -0.1) is 0 Å². The van der Waals surface area contributed by atoms with Crippen molar-refractivity contribution < 1.29 is 13.9 Å². The molecule has 7 heteroatoms. The van der Waals surface area contributed by atoms with Crippen molar-refractivity contribution >= 4 is 24.0 Å². The first-order chi connectivity index (χ1) is 15.7. The molecule has 0 saturated heterocycles. The molecule has 6 nitrogen and oxygen atoms in total. The van der Waals surface area contributed by atoms with Crippen molar-refractivity contribution in [3.63, 3.8) is 0 Å². The lowest BCUT2D eigenvalue weighted by Crippen LogP contribution is -2.28. The van der Waals surface area contributed by atoms with Crippen LogP contribution in [0.5, 0.6) is 0 Å². The van der Waals surface area contributed by atoms with Gasteiger partial charge in [-0.25, -0.2) is 14.4 Å². The average Bonchev–Trinajstić information content (AvgIpc) is 2.78. The van der Waals surface area contributed by atoms with Gasteiger partial charge in [0.05, 0.1) is 19.3 Å². The minimum absolute atomic E-state index is 0.120. The number of aliphatic imine (C=N–C) groups is 1. The van der Waals surface area contributed by atoms with Gasteiger partial charge in [-0.1, -0.05) is 18.6 Å². The molecule has 2 aliphatic rings.